The molecule has 0 spiro atoms. The summed E-state index contributed by atoms with van der Waals surface area (Å²) >= 11 is 0. The number of hydrogen-bond acceptors (Lipinski definition) is 3. The Hall–Kier alpha value is -1.07. The summed E-state index contributed by atoms with van der Waals surface area (Å²) in [7, 11) is -3.43. The Kier molecular flexibility index (Phi) is 5.82. The third-order valence-corrected chi connectivity index (χ3v) is 4.34. The highest BCUT2D eigenvalue weighted by Gasteiger charge is 2.18. The van der Waals surface area contributed by atoms with Crippen LogP contribution in [0.25, 0.3) is 0 Å². The van der Waals surface area contributed by atoms with Crippen LogP contribution in [0.5, 0.6) is 0 Å². The van der Waals surface area contributed by atoms with Gasteiger partial charge in [-0.2, -0.15) is 0 Å². The van der Waals surface area contributed by atoms with Crippen molar-refractivity contribution >= 4 is 15.7 Å². The number of anilines is 1. The largest absolute Gasteiger partial charge is 0.381 e. The zero-order chi connectivity index (χ0) is 14.5. The van der Waals surface area contributed by atoms with Gasteiger partial charge in [-0.15, -0.1) is 0 Å². The van der Waals surface area contributed by atoms with Gasteiger partial charge in [0.1, 0.15) is 4.90 Å². The molecule has 0 aromatic heterocycles. The van der Waals surface area contributed by atoms with Gasteiger partial charge in [0.15, 0.2) is 0 Å². The molecular weight excluding hydrogens is 260 g/mol. The maximum atomic E-state index is 12.1. The zero-order valence-corrected chi connectivity index (χ0v) is 12.9. The summed E-state index contributed by atoms with van der Waals surface area (Å²) in [5.41, 5.74) is 0.664. The van der Waals surface area contributed by atoms with Gasteiger partial charge in [0.2, 0.25) is 10.0 Å². The number of rotatable bonds is 7. The lowest BCUT2D eigenvalue weighted by Crippen LogP contribution is -2.25. The minimum absolute atomic E-state index is 0.234. The average Bonchev–Trinajstić information content (AvgIpc) is 2.28. The lowest BCUT2D eigenvalue weighted by molar-refractivity contribution is 0.539. The molecule has 0 saturated carbocycles. The quantitative estimate of drug-likeness (QED) is 0.809. The van der Waals surface area contributed by atoms with E-state index >= 15 is 0 Å². The summed E-state index contributed by atoms with van der Waals surface area (Å²) in [6.45, 7) is 8.53. The van der Waals surface area contributed by atoms with Crippen LogP contribution < -0.4 is 10.0 Å². The maximum Gasteiger partial charge on any atom is 0.242 e. The van der Waals surface area contributed by atoms with Gasteiger partial charge in [0, 0.05) is 12.6 Å². The molecule has 0 aliphatic rings. The van der Waals surface area contributed by atoms with E-state index in [9.17, 15) is 8.42 Å². The highest BCUT2D eigenvalue weighted by atomic mass is 32.2. The molecule has 0 radical (unpaired) electrons. The van der Waals surface area contributed by atoms with Crippen LogP contribution in [0.1, 0.15) is 34.1 Å². The average molecular weight is 284 g/mol. The summed E-state index contributed by atoms with van der Waals surface area (Å²) < 4.78 is 26.7. The van der Waals surface area contributed by atoms with E-state index in [4.69, 9.17) is 0 Å². The van der Waals surface area contributed by atoms with E-state index in [0.29, 0.717) is 23.0 Å². The van der Waals surface area contributed by atoms with Gasteiger partial charge in [0.25, 0.3) is 0 Å². The van der Waals surface area contributed by atoms with Crippen molar-refractivity contribution < 1.29 is 8.42 Å². The normalized spacial score (nSPS) is 13.5. The fraction of sp³-hybridized carbons (Fsp3) is 0.571. The second-order valence-corrected chi connectivity index (χ2v) is 6.91. The maximum absolute atomic E-state index is 12.1. The molecule has 19 heavy (non-hydrogen) atoms. The number of para-hydroxylation sites is 1. The molecule has 1 aromatic carbocycles. The first kappa shape index (κ1) is 16.0. The lowest BCUT2D eigenvalue weighted by Gasteiger charge is -2.19. The van der Waals surface area contributed by atoms with E-state index in [0.717, 1.165) is 6.42 Å². The number of benzene rings is 1. The standard InChI is InChI=1S/C14H24N2O2S/c1-5-15-19(17,18)14-9-7-6-8-13(14)16-12(4)10-11(2)3/h6-9,11-12,15-16H,5,10H2,1-4H3. The molecule has 5 heteroatoms. The fourth-order valence-electron chi connectivity index (χ4n) is 2.12. The smallest absolute Gasteiger partial charge is 0.242 e. The molecule has 1 unspecified atom stereocenters. The van der Waals surface area contributed by atoms with Crippen LogP contribution >= 0.6 is 0 Å². The number of hydrogen-bond donors (Lipinski definition) is 2. The minimum Gasteiger partial charge on any atom is -0.381 e. The first-order valence-corrected chi connectivity index (χ1v) is 8.20. The first-order chi connectivity index (χ1) is 8.86. The van der Waals surface area contributed by atoms with E-state index < -0.39 is 10.0 Å². The Balaban J connectivity index is 2.97. The highest BCUT2D eigenvalue weighted by molar-refractivity contribution is 7.89. The molecule has 0 aliphatic carbocycles. The molecule has 0 saturated heterocycles. The van der Waals surface area contributed by atoms with Gasteiger partial charge >= 0.3 is 0 Å². The minimum atomic E-state index is -3.43. The fourth-order valence-corrected chi connectivity index (χ4v) is 3.33. The molecule has 0 fully saturated rings. The van der Waals surface area contributed by atoms with Gasteiger partial charge < -0.3 is 5.32 Å². The predicted molar refractivity (Wildman–Crippen MR) is 79.8 cm³/mol. The molecule has 1 aromatic rings. The van der Waals surface area contributed by atoms with Crippen molar-refractivity contribution in [1.82, 2.24) is 4.72 Å². The van der Waals surface area contributed by atoms with Crippen molar-refractivity contribution in [2.45, 2.75) is 45.1 Å². The summed E-state index contributed by atoms with van der Waals surface area (Å²) in [5, 5.41) is 3.29. The molecular formula is C14H24N2O2S. The summed E-state index contributed by atoms with van der Waals surface area (Å²) in [6, 6.07) is 7.25. The highest BCUT2D eigenvalue weighted by Crippen LogP contribution is 2.22. The molecule has 1 atom stereocenters. The van der Waals surface area contributed by atoms with Gasteiger partial charge in [0.05, 0.1) is 5.69 Å². The molecule has 0 heterocycles. The van der Waals surface area contributed by atoms with Crippen LogP contribution in [-0.4, -0.2) is 21.0 Å². The van der Waals surface area contributed by atoms with Crippen LogP contribution in [0.3, 0.4) is 0 Å². The van der Waals surface area contributed by atoms with Crippen molar-refractivity contribution in [2.75, 3.05) is 11.9 Å². The van der Waals surface area contributed by atoms with E-state index in [-0.39, 0.29) is 6.04 Å². The van der Waals surface area contributed by atoms with E-state index in [1.807, 2.05) is 6.07 Å². The van der Waals surface area contributed by atoms with E-state index in [1.165, 1.54) is 0 Å². The number of sulfonamides is 1. The Morgan fingerprint density at radius 1 is 1.16 bits per heavy atom. The molecule has 0 amide bonds. The van der Waals surface area contributed by atoms with Crippen molar-refractivity contribution in [1.29, 1.82) is 0 Å². The van der Waals surface area contributed by atoms with Crippen molar-refractivity contribution in [3.63, 3.8) is 0 Å². The second-order valence-electron chi connectivity index (χ2n) is 5.17. The van der Waals surface area contributed by atoms with Crippen LogP contribution in [-0.2, 0) is 10.0 Å². The van der Waals surface area contributed by atoms with Gasteiger partial charge in [-0.1, -0.05) is 32.9 Å². The van der Waals surface area contributed by atoms with E-state index in [1.54, 1.807) is 25.1 Å². The Morgan fingerprint density at radius 2 is 1.79 bits per heavy atom. The first-order valence-electron chi connectivity index (χ1n) is 6.72. The summed E-state index contributed by atoms with van der Waals surface area (Å²) in [6.07, 6.45) is 0.996. The predicted octanol–water partition coefficient (Wildman–Crippen LogP) is 2.83. The molecule has 0 bridgehead atoms. The Bertz CT molecular complexity index is 498. The third-order valence-electron chi connectivity index (χ3n) is 2.74. The second kappa shape index (κ2) is 6.91. The molecule has 1 rings (SSSR count). The van der Waals surface area contributed by atoms with Crippen molar-refractivity contribution in [3.05, 3.63) is 24.3 Å². The molecule has 2 N–H and O–H groups in total. The van der Waals surface area contributed by atoms with Gasteiger partial charge in [-0.3, -0.25) is 0 Å². The molecule has 108 valence electrons. The number of nitrogens with one attached hydrogen (secondary N) is 2. The van der Waals surface area contributed by atoms with Gasteiger partial charge in [-0.25, -0.2) is 13.1 Å². The van der Waals surface area contributed by atoms with Crippen molar-refractivity contribution in [3.8, 4) is 0 Å². The van der Waals surface area contributed by atoms with Crippen molar-refractivity contribution in [2.24, 2.45) is 5.92 Å². The van der Waals surface area contributed by atoms with Crippen LogP contribution in [0.15, 0.2) is 29.2 Å². The summed E-state index contributed by atoms with van der Waals surface area (Å²) in [4.78, 5) is 0.312. The molecule has 0 aliphatic heterocycles. The summed E-state index contributed by atoms with van der Waals surface area (Å²) in [5.74, 6) is 0.569. The van der Waals surface area contributed by atoms with E-state index in [2.05, 4.69) is 30.8 Å². The molecule has 4 nitrogen and oxygen atoms in total. The third kappa shape index (κ3) is 4.84. The Morgan fingerprint density at radius 3 is 2.37 bits per heavy atom. The lowest BCUT2D eigenvalue weighted by atomic mass is 10.1. The van der Waals surface area contributed by atoms with Crippen LogP contribution in [0.4, 0.5) is 5.69 Å². The Labute approximate surface area is 116 Å². The monoisotopic (exact) mass is 284 g/mol. The van der Waals surface area contributed by atoms with Gasteiger partial charge in [-0.05, 0) is 31.4 Å². The van der Waals surface area contributed by atoms with Crippen LogP contribution in [0.2, 0.25) is 0 Å². The van der Waals surface area contributed by atoms with Crippen LogP contribution in [0, 0.1) is 5.92 Å². The SMILES string of the molecule is CCNS(=O)(=O)c1ccccc1NC(C)CC(C)C. The zero-order valence-electron chi connectivity index (χ0n) is 12.1. The topological polar surface area (TPSA) is 58.2 Å².